The highest BCUT2D eigenvalue weighted by Gasteiger charge is 2.26. The second kappa shape index (κ2) is 4.92. The number of amides is 1. The van der Waals surface area contributed by atoms with Crippen LogP contribution < -0.4 is 5.32 Å². The zero-order valence-corrected chi connectivity index (χ0v) is 12.5. The molecule has 0 unspecified atom stereocenters. The van der Waals surface area contributed by atoms with Gasteiger partial charge in [-0.1, -0.05) is 22.0 Å². The molecule has 0 radical (unpaired) electrons. The molecular formula is C14H18BrNO2. The predicted molar refractivity (Wildman–Crippen MR) is 74.6 cm³/mol. The molecule has 0 saturated heterocycles. The number of nitrogens with one attached hydrogen (secondary N) is 1. The zero-order chi connectivity index (χ0) is 13.3. The molecule has 3 nitrogen and oxygen atoms in total. The van der Waals surface area contributed by atoms with Crippen LogP contribution in [0.15, 0.2) is 22.7 Å². The summed E-state index contributed by atoms with van der Waals surface area (Å²) in [5.74, 6) is 0. The molecule has 1 aliphatic carbocycles. The first-order valence-electron chi connectivity index (χ1n) is 6.13. The Kier molecular flexibility index (Phi) is 3.66. The van der Waals surface area contributed by atoms with Gasteiger partial charge in [-0.15, -0.1) is 0 Å². The molecule has 0 aromatic heterocycles. The minimum atomic E-state index is -0.456. The van der Waals surface area contributed by atoms with E-state index in [9.17, 15) is 4.79 Å². The van der Waals surface area contributed by atoms with Crippen molar-refractivity contribution < 1.29 is 9.53 Å². The molecule has 1 amide bonds. The van der Waals surface area contributed by atoms with Crippen molar-refractivity contribution >= 4 is 22.0 Å². The van der Waals surface area contributed by atoms with Crippen molar-refractivity contribution in [3.05, 3.63) is 33.8 Å². The standard InChI is InChI=1S/C14H18BrNO2/c1-14(2,3)18-13(17)16-12-7-5-9-4-6-10(15)8-11(9)12/h4,6,8,12H,5,7H2,1-3H3,(H,16,17)/t12-/m0/s1. The van der Waals surface area contributed by atoms with E-state index in [2.05, 4.69) is 33.4 Å². The first-order valence-corrected chi connectivity index (χ1v) is 6.92. The summed E-state index contributed by atoms with van der Waals surface area (Å²) in [4.78, 5) is 11.8. The van der Waals surface area contributed by atoms with Gasteiger partial charge in [-0.25, -0.2) is 4.79 Å². The molecule has 18 heavy (non-hydrogen) atoms. The Hall–Kier alpha value is -1.03. The van der Waals surface area contributed by atoms with Crippen molar-refractivity contribution in [3.63, 3.8) is 0 Å². The summed E-state index contributed by atoms with van der Waals surface area (Å²) in [5.41, 5.74) is 2.04. The van der Waals surface area contributed by atoms with Gasteiger partial charge in [-0.2, -0.15) is 0 Å². The van der Waals surface area contributed by atoms with Crippen LogP contribution in [0.4, 0.5) is 4.79 Å². The van der Waals surface area contributed by atoms with E-state index in [0.29, 0.717) is 0 Å². The average Bonchev–Trinajstić information content (AvgIpc) is 2.58. The van der Waals surface area contributed by atoms with E-state index in [1.807, 2.05) is 26.8 Å². The molecule has 0 heterocycles. The summed E-state index contributed by atoms with van der Waals surface area (Å²) < 4.78 is 6.32. The highest BCUT2D eigenvalue weighted by molar-refractivity contribution is 9.10. The second-order valence-electron chi connectivity index (χ2n) is 5.58. The van der Waals surface area contributed by atoms with Gasteiger partial charge < -0.3 is 10.1 Å². The zero-order valence-electron chi connectivity index (χ0n) is 10.9. The molecule has 1 aromatic rings. The van der Waals surface area contributed by atoms with Crippen LogP contribution in [0.2, 0.25) is 0 Å². The number of alkyl carbamates (subject to hydrolysis) is 1. The molecule has 0 spiro atoms. The minimum Gasteiger partial charge on any atom is -0.444 e. The summed E-state index contributed by atoms with van der Waals surface area (Å²) in [6.07, 6.45) is 1.59. The molecule has 4 heteroatoms. The third-order valence-electron chi connectivity index (χ3n) is 2.88. The predicted octanol–water partition coefficient (Wildman–Crippen LogP) is 3.96. The summed E-state index contributed by atoms with van der Waals surface area (Å²) >= 11 is 3.46. The van der Waals surface area contributed by atoms with Gasteiger partial charge >= 0.3 is 6.09 Å². The number of carbonyl (C=O) groups excluding carboxylic acids is 1. The maximum absolute atomic E-state index is 11.8. The minimum absolute atomic E-state index is 0.0624. The molecule has 0 bridgehead atoms. The molecule has 0 aliphatic heterocycles. The lowest BCUT2D eigenvalue weighted by atomic mass is 10.1. The van der Waals surface area contributed by atoms with Crippen molar-refractivity contribution in [1.29, 1.82) is 0 Å². The van der Waals surface area contributed by atoms with Crippen molar-refractivity contribution in [2.45, 2.75) is 45.3 Å². The monoisotopic (exact) mass is 311 g/mol. The molecular weight excluding hydrogens is 294 g/mol. The maximum Gasteiger partial charge on any atom is 0.408 e. The van der Waals surface area contributed by atoms with Crippen LogP contribution in [-0.4, -0.2) is 11.7 Å². The Bertz CT molecular complexity index is 465. The average molecular weight is 312 g/mol. The first kappa shape index (κ1) is 13.4. The number of hydrogen-bond donors (Lipinski definition) is 1. The van der Waals surface area contributed by atoms with E-state index in [0.717, 1.165) is 17.3 Å². The fourth-order valence-corrected chi connectivity index (χ4v) is 2.55. The quantitative estimate of drug-likeness (QED) is 0.852. The van der Waals surface area contributed by atoms with Crippen LogP contribution in [0, 0.1) is 0 Å². The molecule has 1 aromatic carbocycles. The lowest BCUT2D eigenvalue weighted by molar-refractivity contribution is 0.0503. The van der Waals surface area contributed by atoms with Gasteiger partial charge in [0.1, 0.15) is 5.60 Å². The number of carbonyl (C=O) groups is 1. The largest absolute Gasteiger partial charge is 0.444 e. The van der Waals surface area contributed by atoms with Crippen LogP contribution in [-0.2, 0) is 11.2 Å². The van der Waals surface area contributed by atoms with Gasteiger partial charge in [0.15, 0.2) is 0 Å². The summed E-state index contributed by atoms with van der Waals surface area (Å²) in [5, 5.41) is 2.94. The normalized spacial score (nSPS) is 18.3. The number of benzene rings is 1. The highest BCUT2D eigenvalue weighted by atomic mass is 79.9. The SMILES string of the molecule is CC(C)(C)OC(=O)N[C@H]1CCc2ccc(Br)cc21. The Labute approximate surface area is 116 Å². The number of hydrogen-bond acceptors (Lipinski definition) is 2. The molecule has 1 atom stereocenters. The first-order chi connectivity index (χ1) is 8.35. The van der Waals surface area contributed by atoms with Gasteiger partial charge in [0.25, 0.3) is 0 Å². The van der Waals surface area contributed by atoms with E-state index < -0.39 is 5.60 Å². The summed E-state index contributed by atoms with van der Waals surface area (Å²) in [6, 6.07) is 6.28. The summed E-state index contributed by atoms with van der Waals surface area (Å²) in [7, 11) is 0. The van der Waals surface area contributed by atoms with Crippen molar-refractivity contribution in [2.75, 3.05) is 0 Å². The summed E-state index contributed by atoms with van der Waals surface area (Å²) in [6.45, 7) is 5.60. The van der Waals surface area contributed by atoms with E-state index in [-0.39, 0.29) is 12.1 Å². The van der Waals surface area contributed by atoms with Crippen LogP contribution >= 0.6 is 15.9 Å². The fourth-order valence-electron chi connectivity index (χ4n) is 2.17. The molecule has 0 saturated carbocycles. The number of aryl methyl sites for hydroxylation is 1. The molecule has 1 aliphatic rings. The lowest BCUT2D eigenvalue weighted by Gasteiger charge is -2.22. The number of fused-ring (bicyclic) bond motifs is 1. The van der Waals surface area contributed by atoms with Crippen LogP contribution in [0.5, 0.6) is 0 Å². The van der Waals surface area contributed by atoms with E-state index in [4.69, 9.17) is 4.74 Å². The number of rotatable bonds is 1. The topological polar surface area (TPSA) is 38.3 Å². The number of halogens is 1. The number of ether oxygens (including phenoxy) is 1. The highest BCUT2D eigenvalue weighted by Crippen LogP contribution is 2.33. The van der Waals surface area contributed by atoms with Gasteiger partial charge in [0.05, 0.1) is 6.04 Å². The van der Waals surface area contributed by atoms with E-state index >= 15 is 0 Å². The Balaban J connectivity index is 2.06. The van der Waals surface area contributed by atoms with E-state index in [1.165, 1.54) is 11.1 Å². The molecule has 98 valence electrons. The van der Waals surface area contributed by atoms with E-state index in [1.54, 1.807) is 0 Å². The van der Waals surface area contributed by atoms with Gasteiger partial charge in [-0.05, 0) is 56.9 Å². The third-order valence-corrected chi connectivity index (χ3v) is 3.37. The second-order valence-corrected chi connectivity index (χ2v) is 6.50. The van der Waals surface area contributed by atoms with Crippen LogP contribution in [0.25, 0.3) is 0 Å². The van der Waals surface area contributed by atoms with Crippen molar-refractivity contribution in [1.82, 2.24) is 5.32 Å². The Morgan fingerprint density at radius 1 is 1.44 bits per heavy atom. The van der Waals surface area contributed by atoms with Crippen LogP contribution in [0.3, 0.4) is 0 Å². The van der Waals surface area contributed by atoms with Gasteiger partial charge in [0.2, 0.25) is 0 Å². The Morgan fingerprint density at radius 3 is 2.83 bits per heavy atom. The maximum atomic E-state index is 11.8. The third kappa shape index (κ3) is 3.25. The van der Waals surface area contributed by atoms with Gasteiger partial charge in [-0.3, -0.25) is 0 Å². The molecule has 2 rings (SSSR count). The van der Waals surface area contributed by atoms with Crippen molar-refractivity contribution in [3.8, 4) is 0 Å². The smallest absolute Gasteiger partial charge is 0.408 e. The van der Waals surface area contributed by atoms with Gasteiger partial charge in [0, 0.05) is 4.47 Å². The fraction of sp³-hybridized carbons (Fsp3) is 0.500. The lowest BCUT2D eigenvalue weighted by Crippen LogP contribution is -2.34. The van der Waals surface area contributed by atoms with Crippen LogP contribution in [0.1, 0.15) is 44.4 Å². The van der Waals surface area contributed by atoms with Crippen molar-refractivity contribution in [2.24, 2.45) is 0 Å². The Morgan fingerprint density at radius 2 is 2.17 bits per heavy atom. The molecule has 0 fully saturated rings. The molecule has 1 N–H and O–H groups in total.